The first kappa shape index (κ1) is 11.6. The lowest BCUT2D eigenvalue weighted by molar-refractivity contribution is 0.593. The summed E-state index contributed by atoms with van der Waals surface area (Å²) in [6.07, 6.45) is 0. The Morgan fingerprint density at radius 2 is 1.65 bits per heavy atom. The molecule has 0 aliphatic rings. The van der Waals surface area contributed by atoms with Crippen LogP contribution >= 0.6 is 0 Å². The van der Waals surface area contributed by atoms with E-state index in [1.807, 2.05) is 36.4 Å². The van der Waals surface area contributed by atoms with Crippen molar-refractivity contribution < 1.29 is 4.39 Å². The molecule has 2 aromatic carbocycles. The van der Waals surface area contributed by atoms with Crippen molar-refractivity contribution >= 4 is 5.69 Å². The predicted molar refractivity (Wildman–Crippen MR) is 68.3 cm³/mol. The Balaban J connectivity index is 2.21. The monoisotopic (exact) mass is 230 g/mol. The lowest BCUT2D eigenvalue weighted by Crippen LogP contribution is -2.21. The van der Waals surface area contributed by atoms with Gasteiger partial charge in [-0.25, -0.2) is 4.39 Å². The fourth-order valence-corrected chi connectivity index (χ4v) is 1.76. The zero-order chi connectivity index (χ0) is 12.1. The van der Waals surface area contributed by atoms with Crippen molar-refractivity contribution in [1.29, 1.82) is 0 Å². The van der Waals surface area contributed by atoms with Gasteiger partial charge in [0.25, 0.3) is 0 Å². The van der Waals surface area contributed by atoms with Gasteiger partial charge < -0.3 is 11.1 Å². The molecule has 0 bridgehead atoms. The van der Waals surface area contributed by atoms with E-state index in [-0.39, 0.29) is 11.9 Å². The molecule has 0 saturated heterocycles. The van der Waals surface area contributed by atoms with Gasteiger partial charge in [0.15, 0.2) is 0 Å². The Bertz CT molecular complexity index is 471. The smallest absolute Gasteiger partial charge is 0.128 e. The minimum Gasteiger partial charge on any atom is -0.377 e. The number of benzene rings is 2. The van der Waals surface area contributed by atoms with Crippen LogP contribution in [0.3, 0.4) is 0 Å². The van der Waals surface area contributed by atoms with E-state index in [4.69, 9.17) is 5.73 Å². The Morgan fingerprint density at radius 3 is 2.29 bits per heavy atom. The second kappa shape index (κ2) is 5.46. The largest absolute Gasteiger partial charge is 0.377 e. The highest BCUT2D eigenvalue weighted by Crippen LogP contribution is 2.20. The summed E-state index contributed by atoms with van der Waals surface area (Å²) in [7, 11) is 0. The average molecular weight is 230 g/mol. The molecule has 3 heteroatoms. The van der Waals surface area contributed by atoms with Crippen molar-refractivity contribution in [3.05, 3.63) is 66.0 Å². The molecule has 17 heavy (non-hydrogen) atoms. The number of nitrogens with one attached hydrogen (secondary N) is 1. The van der Waals surface area contributed by atoms with Gasteiger partial charge in [-0.15, -0.1) is 0 Å². The third-order valence-corrected chi connectivity index (χ3v) is 2.63. The summed E-state index contributed by atoms with van der Waals surface area (Å²) in [5.74, 6) is -0.230. The molecule has 2 nitrogen and oxygen atoms in total. The standard InChI is InChI=1S/C14H15FN2/c15-13-9-5-4-8-12(13)14(10-16)17-11-6-2-1-3-7-11/h1-9,14,17H,10,16H2. The lowest BCUT2D eigenvalue weighted by atomic mass is 10.1. The van der Waals surface area contributed by atoms with Gasteiger partial charge in [0.1, 0.15) is 5.82 Å². The SMILES string of the molecule is NCC(Nc1ccccc1)c1ccccc1F. The van der Waals surface area contributed by atoms with Crippen molar-refractivity contribution in [2.45, 2.75) is 6.04 Å². The number of halogens is 1. The molecule has 0 aromatic heterocycles. The molecule has 0 heterocycles. The van der Waals surface area contributed by atoms with Crippen molar-refractivity contribution in [3.8, 4) is 0 Å². The number of nitrogens with two attached hydrogens (primary N) is 1. The summed E-state index contributed by atoms with van der Waals surface area (Å²) < 4.78 is 13.6. The van der Waals surface area contributed by atoms with Crippen LogP contribution in [-0.4, -0.2) is 6.54 Å². The van der Waals surface area contributed by atoms with Gasteiger partial charge in [-0.2, -0.15) is 0 Å². The van der Waals surface area contributed by atoms with Crippen molar-refractivity contribution in [2.24, 2.45) is 5.73 Å². The first-order valence-electron chi connectivity index (χ1n) is 5.57. The summed E-state index contributed by atoms with van der Waals surface area (Å²) in [6.45, 7) is 0.343. The van der Waals surface area contributed by atoms with Crippen molar-refractivity contribution in [3.63, 3.8) is 0 Å². The van der Waals surface area contributed by atoms with Crippen LogP contribution in [0.2, 0.25) is 0 Å². The topological polar surface area (TPSA) is 38.0 Å². The second-order valence-corrected chi connectivity index (χ2v) is 3.82. The highest BCUT2D eigenvalue weighted by atomic mass is 19.1. The van der Waals surface area contributed by atoms with Crippen LogP contribution in [0.4, 0.5) is 10.1 Å². The Hall–Kier alpha value is -1.87. The maximum absolute atomic E-state index is 13.6. The highest BCUT2D eigenvalue weighted by molar-refractivity contribution is 5.45. The number of rotatable bonds is 4. The third kappa shape index (κ3) is 2.82. The minimum atomic E-state index is -0.230. The normalized spacial score (nSPS) is 12.1. The zero-order valence-corrected chi connectivity index (χ0v) is 9.44. The van der Waals surface area contributed by atoms with Crippen LogP contribution in [0.1, 0.15) is 11.6 Å². The fourth-order valence-electron chi connectivity index (χ4n) is 1.76. The van der Waals surface area contributed by atoms with Gasteiger partial charge in [0, 0.05) is 17.8 Å². The molecule has 1 atom stereocenters. The number of anilines is 1. The van der Waals surface area contributed by atoms with E-state index in [1.165, 1.54) is 6.07 Å². The van der Waals surface area contributed by atoms with Crippen LogP contribution in [0.15, 0.2) is 54.6 Å². The van der Waals surface area contributed by atoms with Crippen LogP contribution in [0, 0.1) is 5.82 Å². The summed E-state index contributed by atoms with van der Waals surface area (Å²) >= 11 is 0. The number of hydrogen-bond donors (Lipinski definition) is 2. The lowest BCUT2D eigenvalue weighted by Gasteiger charge is -2.19. The molecule has 88 valence electrons. The Labute approximate surface area is 100 Å². The molecular formula is C14H15FN2. The van der Waals surface area contributed by atoms with Gasteiger partial charge in [0.05, 0.1) is 6.04 Å². The summed E-state index contributed by atoms with van der Waals surface area (Å²) in [4.78, 5) is 0. The average Bonchev–Trinajstić information content (AvgIpc) is 2.38. The number of hydrogen-bond acceptors (Lipinski definition) is 2. The molecule has 0 radical (unpaired) electrons. The van der Waals surface area contributed by atoms with Gasteiger partial charge in [-0.1, -0.05) is 36.4 Å². The fraction of sp³-hybridized carbons (Fsp3) is 0.143. The van der Waals surface area contributed by atoms with E-state index in [0.29, 0.717) is 12.1 Å². The molecule has 2 rings (SSSR count). The zero-order valence-electron chi connectivity index (χ0n) is 9.44. The Morgan fingerprint density at radius 1 is 1.00 bits per heavy atom. The molecule has 0 aliphatic carbocycles. The maximum Gasteiger partial charge on any atom is 0.128 e. The van der Waals surface area contributed by atoms with E-state index < -0.39 is 0 Å². The molecule has 2 aromatic rings. The second-order valence-electron chi connectivity index (χ2n) is 3.82. The van der Waals surface area contributed by atoms with E-state index in [9.17, 15) is 4.39 Å². The summed E-state index contributed by atoms with van der Waals surface area (Å²) in [5.41, 5.74) is 7.22. The van der Waals surface area contributed by atoms with E-state index >= 15 is 0 Å². The molecule has 0 amide bonds. The molecule has 0 spiro atoms. The molecule has 3 N–H and O–H groups in total. The molecular weight excluding hydrogens is 215 g/mol. The predicted octanol–water partition coefficient (Wildman–Crippen LogP) is 2.94. The molecule has 0 aliphatic heterocycles. The summed E-state index contributed by atoms with van der Waals surface area (Å²) in [5, 5.41) is 3.22. The molecule has 0 fully saturated rings. The van der Waals surface area contributed by atoms with E-state index in [0.717, 1.165) is 5.69 Å². The minimum absolute atomic E-state index is 0.210. The van der Waals surface area contributed by atoms with Crippen molar-refractivity contribution in [2.75, 3.05) is 11.9 Å². The van der Waals surface area contributed by atoms with E-state index in [2.05, 4.69) is 5.32 Å². The van der Waals surface area contributed by atoms with E-state index in [1.54, 1.807) is 12.1 Å². The van der Waals surface area contributed by atoms with Crippen LogP contribution in [0.25, 0.3) is 0 Å². The molecule has 0 saturated carbocycles. The van der Waals surface area contributed by atoms with Crippen LogP contribution in [0.5, 0.6) is 0 Å². The van der Waals surface area contributed by atoms with Crippen molar-refractivity contribution in [1.82, 2.24) is 0 Å². The van der Waals surface area contributed by atoms with Gasteiger partial charge in [0.2, 0.25) is 0 Å². The number of para-hydroxylation sites is 1. The first-order chi connectivity index (χ1) is 8.31. The Kier molecular flexibility index (Phi) is 3.73. The van der Waals surface area contributed by atoms with Gasteiger partial charge in [-0.3, -0.25) is 0 Å². The molecule has 1 unspecified atom stereocenters. The third-order valence-electron chi connectivity index (χ3n) is 2.63. The van der Waals surface area contributed by atoms with Crippen LogP contribution in [-0.2, 0) is 0 Å². The first-order valence-corrected chi connectivity index (χ1v) is 5.57. The highest BCUT2D eigenvalue weighted by Gasteiger charge is 2.13. The van der Waals surface area contributed by atoms with Crippen LogP contribution < -0.4 is 11.1 Å². The maximum atomic E-state index is 13.6. The van der Waals surface area contributed by atoms with Gasteiger partial charge in [-0.05, 0) is 18.2 Å². The quantitative estimate of drug-likeness (QED) is 0.847. The van der Waals surface area contributed by atoms with Gasteiger partial charge >= 0.3 is 0 Å². The summed E-state index contributed by atoms with van der Waals surface area (Å²) in [6, 6.07) is 16.1.